The van der Waals surface area contributed by atoms with Crippen molar-refractivity contribution < 1.29 is 18.7 Å². The van der Waals surface area contributed by atoms with Crippen LogP contribution in [0, 0.1) is 6.92 Å². The lowest BCUT2D eigenvalue weighted by atomic mass is 9.97. The Kier molecular flexibility index (Phi) is 5.63. The van der Waals surface area contributed by atoms with Crippen molar-refractivity contribution in [3.63, 3.8) is 0 Å². The predicted molar refractivity (Wildman–Crippen MR) is 117 cm³/mol. The zero-order valence-corrected chi connectivity index (χ0v) is 18.5. The number of rotatable bonds is 5. The third-order valence-electron chi connectivity index (χ3n) is 5.05. The second-order valence-electron chi connectivity index (χ2n) is 7.00. The molecule has 1 aromatic heterocycles. The summed E-state index contributed by atoms with van der Waals surface area (Å²) in [5.41, 5.74) is 3.82. The van der Waals surface area contributed by atoms with Crippen LogP contribution in [-0.4, -0.2) is 30.8 Å². The number of carbonyl (C=O) groups excluding carboxylic acids is 1. The Morgan fingerprint density at radius 2 is 1.90 bits per heavy atom. The third-order valence-corrected chi connectivity index (χ3v) is 5.47. The molecule has 1 amide bonds. The predicted octanol–water partition coefficient (Wildman–Crippen LogP) is 5.36. The Morgan fingerprint density at radius 3 is 2.57 bits per heavy atom. The summed E-state index contributed by atoms with van der Waals surface area (Å²) in [6.45, 7) is 2.03. The van der Waals surface area contributed by atoms with Gasteiger partial charge in [0.05, 0.1) is 26.0 Å². The van der Waals surface area contributed by atoms with E-state index in [4.69, 9.17) is 19.0 Å². The maximum atomic E-state index is 13.2. The number of benzene rings is 2. The van der Waals surface area contributed by atoms with Crippen LogP contribution in [0.4, 0.5) is 0 Å². The molecule has 0 aliphatic carbocycles. The maximum Gasteiger partial charge on any atom is 0.310 e. The van der Waals surface area contributed by atoms with Crippen LogP contribution >= 0.6 is 15.9 Å². The van der Waals surface area contributed by atoms with Gasteiger partial charge in [0.2, 0.25) is 0 Å². The molecule has 0 bridgehead atoms. The van der Waals surface area contributed by atoms with Crippen molar-refractivity contribution in [3.8, 4) is 11.5 Å². The molecule has 3 aromatic rings. The van der Waals surface area contributed by atoms with E-state index >= 15 is 0 Å². The summed E-state index contributed by atoms with van der Waals surface area (Å²) in [4.78, 5) is 13.2. The van der Waals surface area contributed by atoms with E-state index in [2.05, 4.69) is 22.0 Å². The van der Waals surface area contributed by atoms with Gasteiger partial charge < -0.3 is 13.9 Å². The molecule has 0 radical (unpaired) electrons. The van der Waals surface area contributed by atoms with Crippen molar-refractivity contribution in [2.75, 3.05) is 14.2 Å². The van der Waals surface area contributed by atoms with Crippen LogP contribution in [-0.2, 0) is 0 Å². The van der Waals surface area contributed by atoms with E-state index in [-0.39, 0.29) is 17.7 Å². The number of nitrogens with zero attached hydrogens (tertiary/aromatic N) is 2. The number of carbonyl (C=O) groups is 1. The molecule has 0 saturated carbocycles. The first-order valence-electron chi connectivity index (χ1n) is 9.45. The van der Waals surface area contributed by atoms with E-state index in [1.54, 1.807) is 26.4 Å². The molecule has 2 aromatic carbocycles. The number of furan rings is 1. The molecule has 1 aliphatic heterocycles. The van der Waals surface area contributed by atoms with Crippen LogP contribution in [0.15, 0.2) is 68.8 Å². The van der Waals surface area contributed by atoms with Gasteiger partial charge in [0.25, 0.3) is 0 Å². The van der Waals surface area contributed by atoms with E-state index < -0.39 is 0 Å². The van der Waals surface area contributed by atoms with Crippen LogP contribution in [0.1, 0.15) is 39.7 Å². The van der Waals surface area contributed by atoms with Crippen molar-refractivity contribution in [2.45, 2.75) is 19.4 Å². The van der Waals surface area contributed by atoms with Gasteiger partial charge >= 0.3 is 5.91 Å². The molecule has 0 saturated heterocycles. The largest absolute Gasteiger partial charge is 0.493 e. The zero-order valence-electron chi connectivity index (χ0n) is 16.9. The fourth-order valence-corrected chi connectivity index (χ4v) is 3.87. The molecular weight excluding hydrogens is 448 g/mol. The van der Waals surface area contributed by atoms with Crippen LogP contribution in [0.2, 0.25) is 0 Å². The molecule has 154 valence electrons. The summed E-state index contributed by atoms with van der Waals surface area (Å²) in [5, 5.41) is 6.20. The number of hydrogen-bond donors (Lipinski definition) is 0. The van der Waals surface area contributed by atoms with Gasteiger partial charge in [-0.15, -0.1) is 0 Å². The summed E-state index contributed by atoms with van der Waals surface area (Å²) < 4.78 is 16.8. The molecule has 7 heteroatoms. The van der Waals surface area contributed by atoms with E-state index in [1.165, 1.54) is 5.01 Å². The van der Waals surface area contributed by atoms with Gasteiger partial charge in [-0.05, 0) is 58.7 Å². The summed E-state index contributed by atoms with van der Waals surface area (Å²) in [5.74, 6) is 1.20. The van der Waals surface area contributed by atoms with Crippen molar-refractivity contribution in [3.05, 3.63) is 81.7 Å². The number of hydrazone groups is 1. The second-order valence-corrected chi connectivity index (χ2v) is 7.79. The Bertz CT molecular complexity index is 1120. The molecule has 6 nitrogen and oxygen atoms in total. The Morgan fingerprint density at radius 1 is 1.10 bits per heavy atom. The van der Waals surface area contributed by atoms with Gasteiger partial charge in [-0.25, -0.2) is 5.01 Å². The first kappa shape index (κ1) is 20.2. The SMILES string of the molecule is COc1ccc(C2=NN(C(=O)c3ccc(Br)o3)C(c3cccc(C)c3)C2)cc1OC. The van der Waals surface area contributed by atoms with Crippen molar-refractivity contribution in [1.29, 1.82) is 0 Å². The van der Waals surface area contributed by atoms with E-state index in [9.17, 15) is 4.79 Å². The smallest absolute Gasteiger partial charge is 0.310 e. The minimum atomic E-state index is -0.289. The fourth-order valence-electron chi connectivity index (χ4n) is 3.57. The molecule has 30 heavy (non-hydrogen) atoms. The van der Waals surface area contributed by atoms with Gasteiger partial charge in [0.1, 0.15) is 0 Å². The Balaban J connectivity index is 1.74. The number of ether oxygens (including phenoxy) is 2. The number of methoxy groups -OCH3 is 2. The number of aryl methyl sites for hydroxylation is 1. The molecule has 1 aliphatic rings. The van der Waals surface area contributed by atoms with E-state index in [0.717, 1.165) is 22.4 Å². The van der Waals surface area contributed by atoms with Gasteiger partial charge in [-0.3, -0.25) is 4.79 Å². The summed E-state index contributed by atoms with van der Waals surface area (Å²) in [7, 11) is 3.19. The van der Waals surface area contributed by atoms with Crippen LogP contribution in [0.3, 0.4) is 0 Å². The normalized spacial score (nSPS) is 15.8. The monoisotopic (exact) mass is 468 g/mol. The lowest BCUT2D eigenvalue weighted by Crippen LogP contribution is -2.26. The van der Waals surface area contributed by atoms with Crippen LogP contribution < -0.4 is 9.47 Å². The summed E-state index contributed by atoms with van der Waals surface area (Å²) in [6.07, 6.45) is 0.576. The minimum Gasteiger partial charge on any atom is -0.493 e. The highest BCUT2D eigenvalue weighted by Gasteiger charge is 2.35. The standard InChI is InChI=1S/C23H21BrN2O4/c1-14-5-4-6-16(11-14)18-13-17(15-7-8-19(28-2)21(12-15)29-3)25-26(18)23(27)20-9-10-22(24)30-20/h4-12,18H,13H2,1-3H3. The summed E-state index contributed by atoms with van der Waals surface area (Å²) in [6, 6.07) is 16.9. The quantitative estimate of drug-likeness (QED) is 0.505. The molecule has 0 fully saturated rings. The van der Waals surface area contributed by atoms with Crippen molar-refractivity contribution in [2.24, 2.45) is 5.10 Å². The molecular formula is C23H21BrN2O4. The minimum absolute atomic E-state index is 0.232. The molecule has 0 N–H and O–H groups in total. The van der Waals surface area contributed by atoms with E-state index in [1.807, 2.05) is 43.3 Å². The van der Waals surface area contributed by atoms with Crippen LogP contribution in [0.5, 0.6) is 11.5 Å². The van der Waals surface area contributed by atoms with Crippen LogP contribution in [0.25, 0.3) is 0 Å². The van der Waals surface area contributed by atoms with Gasteiger partial charge in [0, 0.05) is 12.0 Å². The molecule has 1 unspecified atom stereocenters. The zero-order chi connectivity index (χ0) is 21.3. The molecule has 0 spiro atoms. The summed E-state index contributed by atoms with van der Waals surface area (Å²) >= 11 is 3.26. The highest BCUT2D eigenvalue weighted by atomic mass is 79.9. The topological polar surface area (TPSA) is 64.3 Å². The second kappa shape index (κ2) is 8.36. The average Bonchev–Trinajstić information content (AvgIpc) is 3.39. The first-order chi connectivity index (χ1) is 14.5. The van der Waals surface area contributed by atoms with Gasteiger partial charge in [0.15, 0.2) is 21.9 Å². The van der Waals surface area contributed by atoms with Crippen molar-refractivity contribution in [1.82, 2.24) is 5.01 Å². The number of amides is 1. The van der Waals surface area contributed by atoms with Gasteiger partial charge in [-0.2, -0.15) is 5.10 Å². The van der Waals surface area contributed by atoms with Gasteiger partial charge in [-0.1, -0.05) is 29.8 Å². The number of hydrogen-bond acceptors (Lipinski definition) is 5. The molecule has 4 rings (SSSR count). The van der Waals surface area contributed by atoms with E-state index in [0.29, 0.717) is 22.6 Å². The number of halogens is 1. The average molecular weight is 469 g/mol. The first-order valence-corrected chi connectivity index (χ1v) is 10.2. The highest BCUT2D eigenvalue weighted by molar-refractivity contribution is 9.10. The lowest BCUT2D eigenvalue weighted by molar-refractivity contribution is 0.0677. The van der Waals surface area contributed by atoms with Crippen molar-refractivity contribution >= 4 is 27.5 Å². The molecule has 2 heterocycles. The fraction of sp³-hybridized carbons (Fsp3) is 0.217. The Hall–Kier alpha value is -3.06. The molecule has 1 atom stereocenters. The highest BCUT2D eigenvalue weighted by Crippen LogP contribution is 2.36. The third kappa shape index (κ3) is 3.85. The Labute approximate surface area is 183 Å². The maximum absolute atomic E-state index is 13.2. The lowest BCUT2D eigenvalue weighted by Gasteiger charge is -2.21.